The van der Waals surface area contributed by atoms with E-state index in [1.165, 1.54) is 11.9 Å². The van der Waals surface area contributed by atoms with Gasteiger partial charge < -0.3 is 20.6 Å². The summed E-state index contributed by atoms with van der Waals surface area (Å²) in [6.07, 6.45) is 0.0861. The van der Waals surface area contributed by atoms with E-state index in [1.54, 1.807) is 14.0 Å². The number of nitrogens with one attached hydrogen (secondary N) is 2. The summed E-state index contributed by atoms with van der Waals surface area (Å²) >= 11 is 0. The summed E-state index contributed by atoms with van der Waals surface area (Å²) in [4.78, 5) is 34.2. The lowest BCUT2D eigenvalue weighted by Crippen LogP contribution is -2.43. The van der Waals surface area contributed by atoms with Crippen molar-refractivity contribution < 1.29 is 19.5 Å². The molecule has 17 heavy (non-hydrogen) atoms. The van der Waals surface area contributed by atoms with Gasteiger partial charge in [-0.05, 0) is 6.92 Å². The Kier molecular flexibility index (Phi) is 6.69. The first kappa shape index (κ1) is 15.2. The van der Waals surface area contributed by atoms with Crippen LogP contribution in [-0.4, -0.2) is 54.6 Å². The van der Waals surface area contributed by atoms with Crippen molar-refractivity contribution in [2.24, 2.45) is 0 Å². The van der Waals surface area contributed by atoms with Gasteiger partial charge in [0.2, 0.25) is 5.91 Å². The quantitative estimate of drug-likeness (QED) is 0.594. The van der Waals surface area contributed by atoms with Crippen molar-refractivity contribution in [2.75, 3.05) is 20.6 Å². The van der Waals surface area contributed by atoms with Gasteiger partial charge in [-0.15, -0.1) is 0 Å². The lowest BCUT2D eigenvalue weighted by molar-refractivity contribution is -0.137. The van der Waals surface area contributed by atoms with E-state index in [4.69, 9.17) is 5.11 Å². The molecule has 0 saturated heterocycles. The topological polar surface area (TPSA) is 98.7 Å². The van der Waals surface area contributed by atoms with E-state index in [0.29, 0.717) is 0 Å². The maximum atomic E-state index is 11.5. The van der Waals surface area contributed by atoms with Gasteiger partial charge in [0.25, 0.3) is 0 Å². The molecule has 0 rings (SSSR count). The summed E-state index contributed by atoms with van der Waals surface area (Å²) in [7, 11) is 3.07. The standard InChI is InChI=1S/C10H19N3O4/c1-7(6-9(15)16)12-10(17)13(3)5-4-8(14)11-2/h7H,4-6H2,1-3H3,(H,11,14)(H,12,17)(H,15,16). The molecule has 0 aromatic rings. The van der Waals surface area contributed by atoms with E-state index in [-0.39, 0.29) is 31.3 Å². The highest BCUT2D eigenvalue weighted by Gasteiger charge is 2.14. The SMILES string of the molecule is CNC(=O)CCN(C)C(=O)NC(C)CC(=O)O. The molecule has 0 fully saturated rings. The molecule has 3 amide bonds. The van der Waals surface area contributed by atoms with Crippen LogP contribution < -0.4 is 10.6 Å². The second kappa shape index (κ2) is 7.48. The predicted octanol–water partition coefficient (Wildman–Crippen LogP) is -0.373. The summed E-state index contributed by atoms with van der Waals surface area (Å²) < 4.78 is 0. The third kappa shape index (κ3) is 7.15. The van der Waals surface area contributed by atoms with E-state index in [1.807, 2.05) is 0 Å². The van der Waals surface area contributed by atoms with Crippen molar-refractivity contribution in [2.45, 2.75) is 25.8 Å². The Morgan fingerprint density at radius 1 is 1.35 bits per heavy atom. The predicted molar refractivity (Wildman–Crippen MR) is 61.6 cm³/mol. The summed E-state index contributed by atoms with van der Waals surface area (Å²) in [6, 6.07) is -0.829. The smallest absolute Gasteiger partial charge is 0.317 e. The van der Waals surface area contributed by atoms with Crippen molar-refractivity contribution in [3.05, 3.63) is 0 Å². The molecule has 0 saturated carbocycles. The van der Waals surface area contributed by atoms with Crippen LogP contribution in [0.25, 0.3) is 0 Å². The Bertz CT molecular complexity index is 293. The highest BCUT2D eigenvalue weighted by atomic mass is 16.4. The third-order valence-corrected chi connectivity index (χ3v) is 2.15. The number of carbonyl (C=O) groups is 3. The minimum Gasteiger partial charge on any atom is -0.481 e. The molecule has 0 aromatic heterocycles. The highest BCUT2D eigenvalue weighted by Crippen LogP contribution is 1.94. The van der Waals surface area contributed by atoms with Crippen LogP contribution in [0.5, 0.6) is 0 Å². The Morgan fingerprint density at radius 3 is 2.41 bits per heavy atom. The fourth-order valence-electron chi connectivity index (χ4n) is 1.13. The fourth-order valence-corrected chi connectivity index (χ4v) is 1.13. The van der Waals surface area contributed by atoms with E-state index < -0.39 is 12.0 Å². The van der Waals surface area contributed by atoms with Crippen LogP contribution in [0.2, 0.25) is 0 Å². The van der Waals surface area contributed by atoms with Crippen LogP contribution in [0.3, 0.4) is 0 Å². The molecule has 0 heterocycles. The Hall–Kier alpha value is -1.79. The van der Waals surface area contributed by atoms with E-state index in [2.05, 4.69) is 10.6 Å². The normalized spacial score (nSPS) is 11.5. The first-order valence-corrected chi connectivity index (χ1v) is 5.30. The number of nitrogens with zero attached hydrogens (tertiary/aromatic N) is 1. The van der Waals surface area contributed by atoms with Crippen molar-refractivity contribution in [1.29, 1.82) is 0 Å². The second-order valence-corrected chi connectivity index (χ2v) is 3.79. The van der Waals surface area contributed by atoms with Gasteiger partial charge in [-0.1, -0.05) is 0 Å². The number of aliphatic carboxylic acids is 1. The van der Waals surface area contributed by atoms with E-state index in [9.17, 15) is 14.4 Å². The molecule has 0 aliphatic carbocycles. The average Bonchev–Trinajstić information content (AvgIpc) is 2.23. The minimum absolute atomic E-state index is 0.130. The van der Waals surface area contributed by atoms with Gasteiger partial charge in [0, 0.05) is 33.1 Å². The average molecular weight is 245 g/mol. The van der Waals surface area contributed by atoms with Gasteiger partial charge in [0.15, 0.2) is 0 Å². The summed E-state index contributed by atoms with van der Waals surface area (Å²) in [6.45, 7) is 1.89. The van der Waals surface area contributed by atoms with Crippen molar-refractivity contribution >= 4 is 17.9 Å². The molecular formula is C10H19N3O4. The number of hydrogen-bond acceptors (Lipinski definition) is 3. The number of carboxylic acids is 1. The molecule has 0 aromatic carbocycles. The number of amides is 3. The van der Waals surface area contributed by atoms with Gasteiger partial charge in [-0.3, -0.25) is 9.59 Å². The third-order valence-electron chi connectivity index (χ3n) is 2.15. The van der Waals surface area contributed by atoms with Crippen LogP contribution in [0.1, 0.15) is 19.8 Å². The van der Waals surface area contributed by atoms with Crippen LogP contribution in [0, 0.1) is 0 Å². The molecule has 98 valence electrons. The lowest BCUT2D eigenvalue weighted by Gasteiger charge is -2.20. The molecule has 7 heteroatoms. The van der Waals surface area contributed by atoms with Crippen LogP contribution >= 0.6 is 0 Å². The summed E-state index contributed by atoms with van der Waals surface area (Å²) in [5.41, 5.74) is 0. The minimum atomic E-state index is -0.967. The molecular weight excluding hydrogens is 226 g/mol. The second-order valence-electron chi connectivity index (χ2n) is 3.79. The van der Waals surface area contributed by atoms with Gasteiger partial charge in [0.1, 0.15) is 0 Å². The Balaban J connectivity index is 3.96. The van der Waals surface area contributed by atoms with E-state index >= 15 is 0 Å². The Morgan fingerprint density at radius 2 is 1.94 bits per heavy atom. The molecule has 0 radical (unpaired) electrons. The number of urea groups is 1. The summed E-state index contributed by atoms with van der Waals surface area (Å²) in [5.74, 6) is -1.12. The van der Waals surface area contributed by atoms with Crippen molar-refractivity contribution in [3.8, 4) is 0 Å². The lowest BCUT2D eigenvalue weighted by atomic mass is 10.2. The van der Waals surface area contributed by atoms with Gasteiger partial charge in [0.05, 0.1) is 6.42 Å². The zero-order valence-electron chi connectivity index (χ0n) is 10.3. The number of hydrogen-bond donors (Lipinski definition) is 3. The maximum Gasteiger partial charge on any atom is 0.317 e. The van der Waals surface area contributed by atoms with Gasteiger partial charge in [-0.25, -0.2) is 4.79 Å². The Labute approximate surface area is 100 Å². The molecule has 3 N–H and O–H groups in total. The maximum absolute atomic E-state index is 11.5. The van der Waals surface area contributed by atoms with Crippen molar-refractivity contribution in [1.82, 2.24) is 15.5 Å². The molecule has 7 nitrogen and oxygen atoms in total. The molecule has 1 atom stereocenters. The molecule has 0 bridgehead atoms. The highest BCUT2D eigenvalue weighted by molar-refractivity contribution is 5.78. The number of rotatable bonds is 6. The number of carboxylic acid groups (broad SMARTS) is 1. The first-order chi connectivity index (χ1) is 7.86. The molecule has 0 spiro atoms. The van der Waals surface area contributed by atoms with Crippen LogP contribution in [0.15, 0.2) is 0 Å². The monoisotopic (exact) mass is 245 g/mol. The zero-order valence-corrected chi connectivity index (χ0v) is 10.3. The number of carbonyl (C=O) groups excluding carboxylic acids is 2. The molecule has 0 aliphatic rings. The van der Waals surface area contributed by atoms with Crippen molar-refractivity contribution in [3.63, 3.8) is 0 Å². The largest absolute Gasteiger partial charge is 0.481 e. The van der Waals surface area contributed by atoms with Gasteiger partial charge >= 0.3 is 12.0 Å². The summed E-state index contributed by atoms with van der Waals surface area (Å²) in [5, 5.41) is 13.5. The van der Waals surface area contributed by atoms with Crippen LogP contribution in [0.4, 0.5) is 4.79 Å². The zero-order chi connectivity index (χ0) is 13.4. The van der Waals surface area contributed by atoms with Crippen LogP contribution in [-0.2, 0) is 9.59 Å². The fraction of sp³-hybridized carbons (Fsp3) is 0.700. The first-order valence-electron chi connectivity index (χ1n) is 5.30. The molecule has 0 aliphatic heterocycles. The van der Waals surface area contributed by atoms with Gasteiger partial charge in [-0.2, -0.15) is 0 Å². The molecule has 1 unspecified atom stereocenters. The van der Waals surface area contributed by atoms with E-state index in [0.717, 1.165) is 0 Å².